The second-order valence-corrected chi connectivity index (χ2v) is 10.5. The summed E-state index contributed by atoms with van der Waals surface area (Å²) in [6.07, 6.45) is 2.15. The van der Waals surface area contributed by atoms with Gasteiger partial charge in [0.15, 0.2) is 0 Å². The van der Waals surface area contributed by atoms with Crippen LogP contribution in [0, 0.1) is 17.3 Å². The summed E-state index contributed by atoms with van der Waals surface area (Å²) in [4.78, 5) is 30.0. The highest BCUT2D eigenvalue weighted by Gasteiger charge is 2.28. The van der Waals surface area contributed by atoms with Crippen molar-refractivity contribution in [3.05, 3.63) is 23.8 Å². The molecule has 31 heavy (non-hydrogen) atoms. The second kappa shape index (κ2) is 11.5. The van der Waals surface area contributed by atoms with Crippen molar-refractivity contribution in [1.29, 1.82) is 0 Å². The van der Waals surface area contributed by atoms with E-state index in [1.165, 1.54) is 0 Å². The molecule has 0 radical (unpaired) electrons. The zero-order chi connectivity index (χ0) is 23.9. The fraction of sp³-hybridized carbons (Fsp3) is 0.692. The Bertz CT molecular complexity index is 731. The molecular formula is C26H45N3O2. The van der Waals surface area contributed by atoms with Gasteiger partial charge in [-0.05, 0) is 54.9 Å². The molecule has 0 aliphatic carbocycles. The first-order valence-electron chi connectivity index (χ1n) is 11.7. The molecule has 0 aliphatic rings. The van der Waals surface area contributed by atoms with Gasteiger partial charge >= 0.3 is 0 Å². The first-order valence-corrected chi connectivity index (χ1v) is 11.7. The Kier molecular flexibility index (Phi) is 10.1. The molecule has 1 aromatic rings. The summed E-state index contributed by atoms with van der Waals surface area (Å²) in [5.74, 6) is 0.629. The highest BCUT2D eigenvalue weighted by molar-refractivity contribution is 5.91. The minimum absolute atomic E-state index is 0.0107. The van der Waals surface area contributed by atoms with E-state index < -0.39 is 0 Å². The van der Waals surface area contributed by atoms with Crippen molar-refractivity contribution in [2.24, 2.45) is 17.3 Å². The van der Waals surface area contributed by atoms with Crippen molar-refractivity contribution in [2.75, 3.05) is 24.3 Å². The molecule has 1 N–H and O–H groups in total. The van der Waals surface area contributed by atoms with Gasteiger partial charge < -0.3 is 15.1 Å². The van der Waals surface area contributed by atoms with Gasteiger partial charge in [0.2, 0.25) is 11.8 Å². The quantitative estimate of drug-likeness (QED) is 0.499. The summed E-state index contributed by atoms with van der Waals surface area (Å²) < 4.78 is 0. The number of carbonyl (C=O) groups excluding carboxylic acids is 2. The number of rotatable bonds is 10. The van der Waals surface area contributed by atoms with Crippen molar-refractivity contribution in [2.45, 2.75) is 87.2 Å². The summed E-state index contributed by atoms with van der Waals surface area (Å²) in [7, 11) is 4.02. The molecule has 5 nitrogen and oxygen atoms in total. The number of carbonyl (C=O) groups is 2. The maximum atomic E-state index is 13.4. The van der Waals surface area contributed by atoms with Crippen LogP contribution in [-0.2, 0) is 16.1 Å². The number of hydrogen-bond donors (Lipinski definition) is 1. The van der Waals surface area contributed by atoms with Crippen LogP contribution in [0.1, 0.15) is 80.2 Å². The van der Waals surface area contributed by atoms with Crippen LogP contribution in [0.15, 0.2) is 18.2 Å². The van der Waals surface area contributed by atoms with Gasteiger partial charge in [0, 0.05) is 50.4 Å². The van der Waals surface area contributed by atoms with Crippen molar-refractivity contribution < 1.29 is 9.59 Å². The first-order chi connectivity index (χ1) is 14.3. The van der Waals surface area contributed by atoms with E-state index >= 15 is 0 Å². The molecule has 0 aliphatic heterocycles. The summed E-state index contributed by atoms with van der Waals surface area (Å²) in [5.41, 5.74) is 2.82. The predicted octanol–water partition coefficient (Wildman–Crippen LogP) is 5.94. The standard InChI is InChI=1S/C26H45N3O2/c1-11-20(12-2)25(31)29(19(5)18(3)4)17-21-15-22(13-14-23(21)28(9)10)27-24(30)16-26(6,7)8/h13-15,18-20H,11-12,16-17H2,1-10H3,(H,27,30). The molecule has 0 saturated heterocycles. The Morgan fingerprint density at radius 3 is 2.06 bits per heavy atom. The molecule has 0 spiro atoms. The third kappa shape index (κ3) is 8.19. The number of amides is 2. The molecule has 1 unspecified atom stereocenters. The van der Waals surface area contributed by atoms with Crippen LogP contribution in [0.3, 0.4) is 0 Å². The average molecular weight is 432 g/mol. The van der Waals surface area contributed by atoms with Gasteiger partial charge in [0.25, 0.3) is 0 Å². The van der Waals surface area contributed by atoms with Gasteiger partial charge in [0.05, 0.1) is 0 Å². The fourth-order valence-electron chi connectivity index (χ4n) is 3.75. The maximum Gasteiger partial charge on any atom is 0.226 e. The van der Waals surface area contributed by atoms with E-state index in [1.54, 1.807) is 0 Å². The van der Waals surface area contributed by atoms with Crippen LogP contribution in [0.4, 0.5) is 11.4 Å². The van der Waals surface area contributed by atoms with Crippen LogP contribution in [0.25, 0.3) is 0 Å². The first kappa shape index (κ1) is 27.0. The minimum atomic E-state index is -0.0677. The fourth-order valence-corrected chi connectivity index (χ4v) is 3.75. The smallest absolute Gasteiger partial charge is 0.226 e. The van der Waals surface area contributed by atoms with Gasteiger partial charge in [-0.15, -0.1) is 0 Å². The Morgan fingerprint density at radius 1 is 1.03 bits per heavy atom. The van der Waals surface area contributed by atoms with E-state index in [9.17, 15) is 9.59 Å². The molecule has 5 heteroatoms. The Morgan fingerprint density at radius 2 is 1.61 bits per heavy atom. The average Bonchev–Trinajstić information content (AvgIpc) is 2.64. The zero-order valence-corrected chi connectivity index (χ0v) is 21.5. The number of hydrogen-bond acceptors (Lipinski definition) is 3. The van der Waals surface area contributed by atoms with Crippen molar-refractivity contribution in [3.63, 3.8) is 0 Å². The lowest BCUT2D eigenvalue weighted by atomic mass is 9.92. The van der Waals surface area contributed by atoms with Crippen molar-refractivity contribution in [3.8, 4) is 0 Å². The molecule has 1 rings (SSSR count). The van der Waals surface area contributed by atoms with Gasteiger partial charge in [-0.2, -0.15) is 0 Å². The van der Waals surface area contributed by atoms with Crippen LogP contribution < -0.4 is 10.2 Å². The number of benzene rings is 1. The molecule has 0 aromatic heterocycles. The summed E-state index contributed by atoms with van der Waals surface area (Å²) >= 11 is 0. The van der Waals surface area contributed by atoms with Crippen LogP contribution in [0.5, 0.6) is 0 Å². The monoisotopic (exact) mass is 431 g/mol. The molecule has 2 amide bonds. The maximum absolute atomic E-state index is 13.4. The molecule has 176 valence electrons. The van der Waals surface area contributed by atoms with E-state index in [4.69, 9.17) is 0 Å². The predicted molar refractivity (Wildman–Crippen MR) is 132 cm³/mol. The molecule has 0 saturated carbocycles. The lowest BCUT2D eigenvalue weighted by Gasteiger charge is -2.35. The van der Waals surface area contributed by atoms with E-state index in [-0.39, 0.29) is 29.2 Å². The van der Waals surface area contributed by atoms with E-state index in [0.717, 1.165) is 29.8 Å². The number of nitrogens with one attached hydrogen (secondary N) is 1. The van der Waals surface area contributed by atoms with Gasteiger partial charge in [-0.3, -0.25) is 9.59 Å². The van der Waals surface area contributed by atoms with Crippen LogP contribution in [0.2, 0.25) is 0 Å². The van der Waals surface area contributed by atoms with E-state index in [2.05, 4.69) is 65.6 Å². The lowest BCUT2D eigenvalue weighted by molar-refractivity contribution is -0.139. The topological polar surface area (TPSA) is 52.7 Å². The Hall–Kier alpha value is -2.04. The van der Waals surface area contributed by atoms with Gasteiger partial charge in [-0.1, -0.05) is 48.5 Å². The van der Waals surface area contributed by atoms with E-state index in [0.29, 0.717) is 18.9 Å². The molecular weight excluding hydrogens is 386 g/mol. The minimum Gasteiger partial charge on any atom is -0.377 e. The third-order valence-corrected chi connectivity index (χ3v) is 5.95. The lowest BCUT2D eigenvalue weighted by Crippen LogP contribution is -2.44. The third-order valence-electron chi connectivity index (χ3n) is 5.95. The van der Waals surface area contributed by atoms with Gasteiger partial charge in [-0.25, -0.2) is 0 Å². The summed E-state index contributed by atoms with van der Waals surface area (Å²) in [5, 5.41) is 3.04. The zero-order valence-electron chi connectivity index (χ0n) is 21.5. The highest BCUT2D eigenvalue weighted by atomic mass is 16.2. The van der Waals surface area contributed by atoms with Crippen molar-refractivity contribution >= 4 is 23.2 Å². The Labute approximate surface area is 190 Å². The summed E-state index contributed by atoms with van der Waals surface area (Å²) in [6, 6.07) is 6.12. The highest BCUT2D eigenvalue weighted by Crippen LogP contribution is 2.28. The molecule has 0 bridgehead atoms. The largest absolute Gasteiger partial charge is 0.377 e. The molecule has 1 atom stereocenters. The number of nitrogens with zero attached hydrogens (tertiary/aromatic N) is 2. The molecule has 0 heterocycles. The van der Waals surface area contributed by atoms with E-state index in [1.807, 2.05) is 37.2 Å². The van der Waals surface area contributed by atoms with Gasteiger partial charge in [0.1, 0.15) is 0 Å². The van der Waals surface area contributed by atoms with Crippen LogP contribution in [-0.4, -0.2) is 36.9 Å². The normalized spacial score (nSPS) is 12.8. The second-order valence-electron chi connectivity index (χ2n) is 10.5. The molecule has 1 aromatic carbocycles. The van der Waals surface area contributed by atoms with Crippen LogP contribution >= 0.6 is 0 Å². The Balaban J connectivity index is 3.30. The SMILES string of the molecule is CCC(CC)C(=O)N(Cc1cc(NC(=O)CC(C)(C)C)ccc1N(C)C)C(C)C(C)C. The molecule has 0 fully saturated rings. The number of anilines is 2. The summed E-state index contributed by atoms with van der Waals surface area (Å²) in [6.45, 7) is 17.3. The van der Waals surface area contributed by atoms with Crippen molar-refractivity contribution in [1.82, 2.24) is 4.90 Å².